The molecule has 0 aliphatic carbocycles. The third kappa shape index (κ3) is 6.60. The zero-order valence-electron chi connectivity index (χ0n) is 24.2. The van der Waals surface area contributed by atoms with E-state index in [4.69, 9.17) is 18.9 Å². The van der Waals surface area contributed by atoms with Crippen molar-refractivity contribution in [1.29, 1.82) is 0 Å². The number of allylic oxidation sites excluding steroid dienone is 2. The van der Waals surface area contributed by atoms with E-state index < -0.39 is 17.9 Å². The number of methoxy groups -OCH3 is 3. The van der Waals surface area contributed by atoms with Crippen LogP contribution in [-0.2, 0) is 32.1 Å². The lowest BCUT2D eigenvalue weighted by Crippen LogP contribution is -2.36. The number of rotatable bonds is 11. The van der Waals surface area contributed by atoms with Crippen LogP contribution >= 0.6 is 0 Å². The summed E-state index contributed by atoms with van der Waals surface area (Å²) < 4.78 is 22.1. The molecule has 0 N–H and O–H groups in total. The summed E-state index contributed by atoms with van der Waals surface area (Å²) in [5.41, 5.74) is 4.92. The third-order valence-electron chi connectivity index (χ3n) is 7.34. The Balaban J connectivity index is 1.78. The second-order valence-electron chi connectivity index (χ2n) is 9.71. The molecule has 3 aromatic rings. The maximum absolute atomic E-state index is 13.9. The number of pyridine rings is 1. The highest BCUT2D eigenvalue weighted by Gasteiger charge is 2.40. The van der Waals surface area contributed by atoms with Gasteiger partial charge in [-0.05, 0) is 67.6 Å². The number of carbonyl (C=O) groups excluding carboxylic acids is 2. The van der Waals surface area contributed by atoms with Crippen molar-refractivity contribution in [1.82, 2.24) is 9.88 Å². The van der Waals surface area contributed by atoms with Crippen molar-refractivity contribution >= 4 is 11.9 Å². The fourth-order valence-electron chi connectivity index (χ4n) is 5.24. The Morgan fingerprint density at radius 1 is 0.805 bits per heavy atom. The number of aryl methyl sites for hydroxylation is 1. The molecular weight excluding hydrogens is 520 g/mol. The molecule has 2 heterocycles. The summed E-state index contributed by atoms with van der Waals surface area (Å²) in [5, 5.41) is 0. The maximum atomic E-state index is 13.9. The van der Waals surface area contributed by atoms with E-state index in [9.17, 15) is 9.59 Å². The second kappa shape index (κ2) is 13.7. The first kappa shape index (κ1) is 29.4. The van der Waals surface area contributed by atoms with Crippen LogP contribution in [0.2, 0.25) is 0 Å². The summed E-state index contributed by atoms with van der Waals surface area (Å²) in [7, 11) is 4.45. The summed E-state index contributed by atoms with van der Waals surface area (Å²) in [6.07, 6.45) is 4.97. The predicted octanol–water partition coefficient (Wildman–Crippen LogP) is 5.60. The monoisotopic (exact) mass is 556 g/mol. The van der Waals surface area contributed by atoms with E-state index in [0.717, 1.165) is 29.8 Å². The number of benzene rings is 2. The number of ether oxygens (including phenoxy) is 4. The fraction of sp³-hybridized carbons (Fsp3) is 0.303. The van der Waals surface area contributed by atoms with Gasteiger partial charge in [0, 0.05) is 30.3 Å². The molecule has 0 bridgehead atoms. The minimum atomic E-state index is -0.738. The summed E-state index contributed by atoms with van der Waals surface area (Å²) in [5.74, 6) is -0.738. The van der Waals surface area contributed by atoms with E-state index in [-0.39, 0.29) is 6.61 Å². The summed E-state index contributed by atoms with van der Waals surface area (Å²) >= 11 is 0. The average molecular weight is 557 g/mol. The van der Waals surface area contributed by atoms with Gasteiger partial charge in [0.15, 0.2) is 11.5 Å². The van der Waals surface area contributed by atoms with Gasteiger partial charge in [-0.25, -0.2) is 9.59 Å². The minimum absolute atomic E-state index is 0.0705. The molecule has 214 valence electrons. The first-order valence-corrected chi connectivity index (χ1v) is 13.5. The maximum Gasteiger partial charge on any atom is 0.337 e. The van der Waals surface area contributed by atoms with Crippen LogP contribution in [0, 0.1) is 0 Å². The number of hydrogen-bond acceptors (Lipinski definition) is 8. The molecule has 8 heteroatoms. The molecule has 1 aliphatic heterocycles. The topological polar surface area (TPSA) is 87.2 Å². The number of carbonyl (C=O) groups is 2. The molecule has 1 atom stereocenters. The second-order valence-corrected chi connectivity index (χ2v) is 9.71. The summed E-state index contributed by atoms with van der Waals surface area (Å²) in [6, 6.07) is 19.2. The van der Waals surface area contributed by atoms with Crippen molar-refractivity contribution in [2.75, 3.05) is 27.9 Å². The number of esters is 2. The number of aromatic nitrogens is 1. The molecule has 1 aromatic heterocycles. The first-order chi connectivity index (χ1) is 19.9. The van der Waals surface area contributed by atoms with Gasteiger partial charge in [0.05, 0.1) is 38.4 Å². The lowest BCUT2D eigenvalue weighted by molar-refractivity contribution is -0.141. The van der Waals surface area contributed by atoms with E-state index in [1.165, 1.54) is 12.7 Å². The normalized spacial score (nSPS) is 15.0. The lowest BCUT2D eigenvalue weighted by Gasteiger charge is -2.38. The standard InChI is InChI=1S/C33H36N2O6/c1-22-29(32(36)40-5)31(26-13-14-27(38-3)28(20-26)39-4)30(33(37)41-21-25-15-17-34-18-16-25)23(2)35(22)19-9-12-24-10-7-6-8-11-24/h6-8,10-11,13-18,20,31H,9,12,19,21H2,1-5H3. The van der Waals surface area contributed by atoms with Crippen molar-refractivity contribution in [3.8, 4) is 11.5 Å². The van der Waals surface area contributed by atoms with Gasteiger partial charge in [0.25, 0.3) is 0 Å². The Labute approximate surface area is 241 Å². The van der Waals surface area contributed by atoms with Crippen LogP contribution in [0.15, 0.2) is 95.6 Å². The zero-order chi connectivity index (χ0) is 29.4. The molecule has 0 fully saturated rings. The Hall–Kier alpha value is -4.59. The van der Waals surface area contributed by atoms with Crippen molar-refractivity contribution < 1.29 is 28.5 Å². The van der Waals surface area contributed by atoms with Crippen molar-refractivity contribution in [3.63, 3.8) is 0 Å². The third-order valence-corrected chi connectivity index (χ3v) is 7.34. The van der Waals surface area contributed by atoms with Gasteiger partial charge in [-0.15, -0.1) is 0 Å². The van der Waals surface area contributed by atoms with E-state index in [0.29, 0.717) is 34.8 Å². The molecule has 0 spiro atoms. The molecule has 8 nitrogen and oxygen atoms in total. The van der Waals surface area contributed by atoms with Crippen LogP contribution in [0.1, 0.15) is 42.9 Å². The van der Waals surface area contributed by atoms with Gasteiger partial charge in [-0.3, -0.25) is 4.98 Å². The first-order valence-electron chi connectivity index (χ1n) is 13.5. The highest BCUT2D eigenvalue weighted by molar-refractivity contribution is 6.00. The van der Waals surface area contributed by atoms with Gasteiger partial charge in [0.1, 0.15) is 6.61 Å². The quantitative estimate of drug-likeness (QED) is 0.282. The van der Waals surface area contributed by atoms with Crippen molar-refractivity contribution in [2.45, 2.75) is 39.2 Å². The molecule has 4 rings (SSSR count). The Bertz CT molecular complexity index is 1430. The van der Waals surface area contributed by atoms with Crippen LogP contribution < -0.4 is 9.47 Å². The van der Waals surface area contributed by atoms with E-state index in [2.05, 4.69) is 17.1 Å². The summed E-state index contributed by atoms with van der Waals surface area (Å²) in [6.45, 7) is 4.47. The molecule has 1 unspecified atom stereocenters. The fourth-order valence-corrected chi connectivity index (χ4v) is 5.24. The molecular formula is C33H36N2O6. The Kier molecular flexibility index (Phi) is 9.79. The molecule has 2 aromatic carbocycles. The molecule has 1 aliphatic rings. The van der Waals surface area contributed by atoms with E-state index >= 15 is 0 Å². The largest absolute Gasteiger partial charge is 0.493 e. The molecule has 0 radical (unpaired) electrons. The van der Waals surface area contributed by atoms with Gasteiger partial charge in [-0.2, -0.15) is 0 Å². The van der Waals surface area contributed by atoms with Crippen LogP contribution in [0.4, 0.5) is 0 Å². The van der Waals surface area contributed by atoms with Gasteiger partial charge < -0.3 is 23.8 Å². The van der Waals surface area contributed by atoms with Crippen molar-refractivity contribution in [3.05, 3.63) is 112 Å². The van der Waals surface area contributed by atoms with E-state index in [1.807, 2.05) is 43.0 Å². The van der Waals surface area contributed by atoms with Gasteiger partial charge in [-0.1, -0.05) is 36.4 Å². The lowest BCUT2D eigenvalue weighted by atomic mass is 9.79. The van der Waals surface area contributed by atoms with Crippen LogP contribution in [0.3, 0.4) is 0 Å². The molecule has 0 amide bonds. The summed E-state index contributed by atoms with van der Waals surface area (Å²) in [4.78, 5) is 33.3. The Morgan fingerprint density at radius 3 is 2.10 bits per heavy atom. The smallest absolute Gasteiger partial charge is 0.337 e. The molecule has 0 saturated carbocycles. The molecule has 41 heavy (non-hydrogen) atoms. The van der Waals surface area contributed by atoms with Gasteiger partial charge >= 0.3 is 11.9 Å². The average Bonchev–Trinajstić information content (AvgIpc) is 3.01. The Morgan fingerprint density at radius 2 is 1.46 bits per heavy atom. The number of hydrogen-bond donors (Lipinski definition) is 0. The van der Waals surface area contributed by atoms with Crippen LogP contribution in [0.25, 0.3) is 0 Å². The van der Waals surface area contributed by atoms with Crippen molar-refractivity contribution in [2.24, 2.45) is 0 Å². The predicted molar refractivity (Wildman–Crippen MR) is 155 cm³/mol. The highest BCUT2D eigenvalue weighted by Crippen LogP contribution is 2.45. The minimum Gasteiger partial charge on any atom is -0.493 e. The van der Waals surface area contributed by atoms with Gasteiger partial charge in [0.2, 0.25) is 0 Å². The van der Waals surface area contributed by atoms with Crippen LogP contribution in [-0.4, -0.2) is 49.7 Å². The molecule has 0 saturated heterocycles. The number of nitrogens with zero attached hydrogens (tertiary/aromatic N) is 2. The SMILES string of the molecule is COC(=O)C1=C(C)N(CCCc2ccccc2)C(C)=C(C(=O)OCc2ccncc2)C1c1ccc(OC)c(OC)c1. The van der Waals surface area contributed by atoms with E-state index in [1.54, 1.807) is 50.9 Å². The van der Waals surface area contributed by atoms with Crippen LogP contribution in [0.5, 0.6) is 11.5 Å². The zero-order valence-corrected chi connectivity index (χ0v) is 24.2. The highest BCUT2D eigenvalue weighted by atomic mass is 16.5.